The summed E-state index contributed by atoms with van der Waals surface area (Å²) in [7, 11) is 3.98. The molecule has 0 bridgehead atoms. The molecule has 1 aliphatic heterocycles. The Kier molecular flexibility index (Phi) is 6.62. The fourth-order valence-electron chi connectivity index (χ4n) is 2.97. The van der Waals surface area contributed by atoms with Gasteiger partial charge in [-0.25, -0.2) is 9.64 Å². The van der Waals surface area contributed by atoms with Gasteiger partial charge in [-0.05, 0) is 49.1 Å². The van der Waals surface area contributed by atoms with E-state index >= 15 is 0 Å². The van der Waals surface area contributed by atoms with Gasteiger partial charge in [0, 0.05) is 31.5 Å². The summed E-state index contributed by atoms with van der Waals surface area (Å²) in [5, 5.41) is 12.7. The van der Waals surface area contributed by atoms with Crippen molar-refractivity contribution in [3.05, 3.63) is 58.1 Å². The maximum Gasteiger partial charge on any atom is 0.347 e. The Labute approximate surface area is 160 Å². The van der Waals surface area contributed by atoms with E-state index in [-0.39, 0.29) is 23.9 Å². The summed E-state index contributed by atoms with van der Waals surface area (Å²) in [6.07, 6.45) is 3.07. The van der Waals surface area contributed by atoms with Gasteiger partial charge < -0.3 is 15.0 Å². The van der Waals surface area contributed by atoms with Crippen molar-refractivity contribution in [2.45, 2.75) is 32.7 Å². The van der Waals surface area contributed by atoms with Gasteiger partial charge in [0.05, 0.1) is 13.2 Å². The average molecular weight is 364 g/mol. The Morgan fingerprint density at radius 1 is 1.48 bits per heavy atom. The number of rotatable bonds is 5. The molecule has 0 aromatic heterocycles. The van der Waals surface area contributed by atoms with E-state index in [0.29, 0.717) is 5.70 Å². The molecule has 27 heavy (non-hydrogen) atoms. The molecule has 1 atom stereocenters. The van der Waals surface area contributed by atoms with E-state index in [1.54, 1.807) is 6.92 Å². The molecule has 0 radical (unpaired) electrons. The number of hydrogen-bond acceptors (Lipinski definition) is 5. The van der Waals surface area contributed by atoms with Crippen LogP contribution in [-0.2, 0) is 16.0 Å². The normalized spacial score (nSPS) is 17.7. The Morgan fingerprint density at radius 2 is 2.22 bits per heavy atom. The second-order valence-electron chi connectivity index (χ2n) is 6.45. The zero-order valence-electron chi connectivity index (χ0n) is 16.2. The first-order valence-corrected chi connectivity index (χ1v) is 8.92. The number of anilines is 1. The second-order valence-corrected chi connectivity index (χ2v) is 6.45. The molecule has 1 aromatic rings. The molecule has 140 valence electrons. The van der Waals surface area contributed by atoms with E-state index in [1.165, 1.54) is 6.08 Å². The van der Waals surface area contributed by atoms with Crippen molar-refractivity contribution in [1.82, 2.24) is 5.32 Å². The van der Waals surface area contributed by atoms with E-state index in [1.807, 2.05) is 37.2 Å². The molecule has 0 saturated carbocycles. The van der Waals surface area contributed by atoms with Crippen LogP contribution < -0.4 is 10.2 Å². The Morgan fingerprint density at radius 3 is 2.78 bits per heavy atom. The molecule has 0 aliphatic carbocycles. The fourth-order valence-corrected chi connectivity index (χ4v) is 2.97. The summed E-state index contributed by atoms with van der Waals surface area (Å²) >= 11 is 0. The van der Waals surface area contributed by atoms with Crippen LogP contribution >= 0.6 is 0 Å². The number of ether oxygens (including phenoxy) is 1. The van der Waals surface area contributed by atoms with Crippen LogP contribution in [0.2, 0.25) is 0 Å². The van der Waals surface area contributed by atoms with Crippen LogP contribution in [0.3, 0.4) is 0 Å². The molecule has 1 unspecified atom stereocenters. The smallest absolute Gasteiger partial charge is 0.347 e. The van der Waals surface area contributed by atoms with Gasteiger partial charge in [-0.15, -0.1) is 0 Å². The van der Waals surface area contributed by atoms with Crippen LogP contribution in [0.1, 0.15) is 31.4 Å². The first-order valence-electron chi connectivity index (χ1n) is 8.92. The van der Waals surface area contributed by atoms with Crippen molar-refractivity contribution in [3.8, 4) is 6.07 Å². The highest BCUT2D eigenvalue weighted by atomic mass is 16.5. The van der Waals surface area contributed by atoms with Gasteiger partial charge in [0.1, 0.15) is 11.6 Å². The minimum Gasteiger partial charge on any atom is -0.462 e. The molecule has 1 aromatic carbocycles. The second kappa shape index (κ2) is 8.91. The highest BCUT2D eigenvalue weighted by Gasteiger charge is 2.24. The number of nitrogens with zero attached hydrogens (tertiary/aromatic N) is 3. The van der Waals surface area contributed by atoms with Crippen LogP contribution in [0.15, 0.2) is 35.5 Å². The Bertz CT molecular complexity index is 869. The number of nitrogens with one attached hydrogen (secondary N) is 1. The topological polar surface area (TPSA) is 69.7 Å². The highest BCUT2D eigenvalue weighted by Crippen LogP contribution is 2.32. The maximum absolute atomic E-state index is 11.9. The molecule has 1 heterocycles. The third-order valence-corrected chi connectivity index (χ3v) is 4.46. The summed E-state index contributed by atoms with van der Waals surface area (Å²) in [6, 6.07) is 8.12. The zero-order chi connectivity index (χ0) is 20.0. The third-order valence-electron chi connectivity index (χ3n) is 4.46. The van der Waals surface area contributed by atoms with Crippen molar-refractivity contribution >= 4 is 17.4 Å². The summed E-state index contributed by atoms with van der Waals surface area (Å²) in [5.74, 6) is -0.715. The Hall–Kier alpha value is -3.25. The highest BCUT2D eigenvalue weighted by molar-refractivity contribution is 5.94. The SMILES string of the molecule is [C-]#[N+]C(/C=C(\C#N)C(=O)OCC)=C1/NC(CC)Cc2cc(N(C)C)ccc21. The van der Waals surface area contributed by atoms with Crippen LogP contribution in [0, 0.1) is 17.9 Å². The van der Waals surface area contributed by atoms with Crippen molar-refractivity contribution < 1.29 is 9.53 Å². The van der Waals surface area contributed by atoms with Gasteiger partial charge in [0.15, 0.2) is 0 Å². The lowest BCUT2D eigenvalue weighted by molar-refractivity contribution is -0.138. The molecule has 1 aliphatic rings. The molecule has 6 nitrogen and oxygen atoms in total. The quantitative estimate of drug-likeness (QED) is 0.376. The summed E-state index contributed by atoms with van der Waals surface area (Å²) in [5.41, 5.74) is 3.87. The largest absolute Gasteiger partial charge is 0.462 e. The number of benzene rings is 1. The van der Waals surface area contributed by atoms with Gasteiger partial charge in [-0.2, -0.15) is 5.26 Å². The van der Waals surface area contributed by atoms with E-state index in [0.717, 1.165) is 29.7 Å². The minimum atomic E-state index is -0.715. The van der Waals surface area contributed by atoms with Gasteiger partial charge >= 0.3 is 5.97 Å². The molecular weight excluding hydrogens is 340 g/mol. The lowest BCUT2D eigenvalue weighted by Crippen LogP contribution is -2.34. The van der Waals surface area contributed by atoms with Crippen LogP contribution in [0.25, 0.3) is 10.5 Å². The predicted octanol–water partition coefficient (Wildman–Crippen LogP) is 3.28. The van der Waals surface area contributed by atoms with Gasteiger partial charge in [-0.1, -0.05) is 13.0 Å². The van der Waals surface area contributed by atoms with E-state index < -0.39 is 5.97 Å². The monoisotopic (exact) mass is 364 g/mol. The van der Waals surface area contributed by atoms with E-state index in [2.05, 4.69) is 23.2 Å². The fraction of sp³-hybridized carbons (Fsp3) is 0.381. The lowest BCUT2D eigenvalue weighted by Gasteiger charge is -2.30. The van der Waals surface area contributed by atoms with Gasteiger partial charge in [-0.3, -0.25) is 0 Å². The maximum atomic E-state index is 11.9. The van der Waals surface area contributed by atoms with Crippen LogP contribution in [0.4, 0.5) is 5.69 Å². The van der Waals surface area contributed by atoms with E-state index in [4.69, 9.17) is 11.3 Å². The molecule has 1 N–H and O–H groups in total. The molecule has 0 amide bonds. The first kappa shape index (κ1) is 20.1. The van der Waals surface area contributed by atoms with Crippen molar-refractivity contribution in [1.29, 1.82) is 5.26 Å². The summed E-state index contributed by atoms with van der Waals surface area (Å²) < 4.78 is 4.90. The number of carbonyl (C=O) groups excluding carboxylic acids is 1. The number of nitriles is 1. The summed E-state index contributed by atoms with van der Waals surface area (Å²) in [6.45, 7) is 11.5. The molecule has 0 saturated heterocycles. The average Bonchev–Trinajstić information content (AvgIpc) is 2.67. The van der Waals surface area contributed by atoms with Gasteiger partial charge in [0.25, 0.3) is 0 Å². The summed E-state index contributed by atoms with van der Waals surface area (Å²) in [4.78, 5) is 17.6. The van der Waals surface area contributed by atoms with Crippen molar-refractivity contribution in [3.63, 3.8) is 0 Å². The molecule has 0 spiro atoms. The minimum absolute atomic E-state index is 0.175. The predicted molar refractivity (Wildman–Crippen MR) is 106 cm³/mol. The molecular formula is C21H24N4O2. The standard InChI is InChI=1S/C21H24N4O2/c1-6-16-10-14-11-17(25(4)5)8-9-18(14)20(24-16)19(23-3)12-15(13-22)21(26)27-7-2/h8-9,11-12,16,24H,6-7,10H2,1-2,4-5H3/b15-12+,20-19+. The number of carbonyl (C=O) groups is 1. The van der Waals surface area contributed by atoms with Crippen LogP contribution in [0.5, 0.6) is 0 Å². The number of allylic oxidation sites excluding steroid dienone is 1. The van der Waals surface area contributed by atoms with Crippen molar-refractivity contribution in [2.75, 3.05) is 25.6 Å². The zero-order valence-corrected chi connectivity index (χ0v) is 16.2. The number of esters is 1. The van der Waals surface area contributed by atoms with Gasteiger partial charge in [0.2, 0.25) is 5.70 Å². The molecule has 2 rings (SSSR count). The number of hydrogen-bond donors (Lipinski definition) is 1. The van der Waals surface area contributed by atoms with Crippen LogP contribution in [-0.4, -0.2) is 32.7 Å². The number of fused-ring (bicyclic) bond motifs is 1. The molecule has 0 fully saturated rings. The van der Waals surface area contributed by atoms with Crippen molar-refractivity contribution in [2.24, 2.45) is 0 Å². The third kappa shape index (κ3) is 4.48. The van der Waals surface area contributed by atoms with E-state index in [9.17, 15) is 10.1 Å². The first-order chi connectivity index (χ1) is 12.9. The lowest BCUT2D eigenvalue weighted by atomic mass is 9.90. The molecule has 6 heteroatoms. The Balaban J connectivity index is 2.61.